The lowest BCUT2D eigenvalue weighted by Crippen LogP contribution is -2.48. The van der Waals surface area contributed by atoms with Crippen LogP contribution < -0.4 is 10.6 Å². The maximum atomic E-state index is 5.29. The molecule has 2 aliphatic rings. The van der Waals surface area contributed by atoms with Crippen molar-refractivity contribution in [2.75, 3.05) is 33.9 Å². The van der Waals surface area contributed by atoms with Gasteiger partial charge >= 0.3 is 0 Å². The number of guanidine groups is 1. The number of benzene rings is 1. The summed E-state index contributed by atoms with van der Waals surface area (Å²) in [5.41, 5.74) is 0.406. The highest BCUT2D eigenvalue weighted by atomic mass is 32.2. The predicted molar refractivity (Wildman–Crippen MR) is 106 cm³/mol. The molecule has 0 atom stereocenters. The second kappa shape index (κ2) is 8.45. The number of hydrogen-bond donors (Lipinski definition) is 2. The summed E-state index contributed by atoms with van der Waals surface area (Å²) in [7, 11) is 3.65. The number of methoxy groups -OCH3 is 1. The van der Waals surface area contributed by atoms with Gasteiger partial charge in [0.2, 0.25) is 0 Å². The van der Waals surface area contributed by atoms with Crippen LogP contribution in [0.2, 0.25) is 0 Å². The first-order chi connectivity index (χ1) is 12.2. The first kappa shape index (κ1) is 18.6. The van der Waals surface area contributed by atoms with Gasteiger partial charge < -0.3 is 15.4 Å². The van der Waals surface area contributed by atoms with E-state index in [9.17, 15) is 0 Å². The highest BCUT2D eigenvalue weighted by Crippen LogP contribution is 2.51. The maximum Gasteiger partial charge on any atom is 0.191 e. The number of ether oxygens (including phenoxy) is 1. The normalized spacial score (nSPS) is 20.6. The van der Waals surface area contributed by atoms with Crippen molar-refractivity contribution in [3.63, 3.8) is 0 Å². The molecule has 2 saturated carbocycles. The van der Waals surface area contributed by atoms with Crippen molar-refractivity contribution in [2.45, 2.75) is 48.2 Å². The van der Waals surface area contributed by atoms with Crippen LogP contribution in [0.1, 0.15) is 38.5 Å². The van der Waals surface area contributed by atoms with Gasteiger partial charge in [-0.25, -0.2) is 0 Å². The fourth-order valence-corrected chi connectivity index (χ4v) is 4.68. The molecule has 0 unspecified atom stereocenters. The zero-order valence-corrected chi connectivity index (χ0v) is 16.3. The lowest BCUT2D eigenvalue weighted by Gasteiger charge is -2.42. The SMILES string of the molecule is CN=C(NCC1(CCOC)CCC1)NCC1(Sc2ccccc2)CC1. The van der Waals surface area contributed by atoms with Crippen LogP contribution in [0.4, 0.5) is 0 Å². The van der Waals surface area contributed by atoms with Crippen LogP contribution in [0.25, 0.3) is 0 Å². The van der Waals surface area contributed by atoms with Crippen LogP contribution in [-0.2, 0) is 4.74 Å². The largest absolute Gasteiger partial charge is 0.385 e. The van der Waals surface area contributed by atoms with Gasteiger partial charge in [-0.1, -0.05) is 24.6 Å². The third-order valence-corrected chi connectivity index (χ3v) is 7.06. The van der Waals surface area contributed by atoms with Crippen LogP contribution in [0.3, 0.4) is 0 Å². The molecule has 25 heavy (non-hydrogen) atoms. The van der Waals surface area contributed by atoms with Crippen molar-refractivity contribution in [1.29, 1.82) is 0 Å². The fraction of sp³-hybridized carbons (Fsp3) is 0.650. The minimum atomic E-state index is 0.336. The van der Waals surface area contributed by atoms with Crippen LogP contribution in [0.15, 0.2) is 40.2 Å². The molecule has 138 valence electrons. The molecule has 0 heterocycles. The standard InChI is InChI=1S/C20H31N3OS/c1-21-18(22-15-19(9-6-10-19)13-14-24-2)23-16-20(11-12-20)25-17-7-4-3-5-8-17/h3-5,7-8H,6,9-16H2,1-2H3,(H2,21,22,23). The topological polar surface area (TPSA) is 45.7 Å². The van der Waals surface area contributed by atoms with E-state index in [4.69, 9.17) is 4.74 Å². The Kier molecular flexibility index (Phi) is 6.29. The van der Waals surface area contributed by atoms with E-state index in [-0.39, 0.29) is 0 Å². The van der Waals surface area contributed by atoms with E-state index in [0.29, 0.717) is 10.2 Å². The van der Waals surface area contributed by atoms with Gasteiger partial charge in [0.1, 0.15) is 0 Å². The second-order valence-electron chi connectivity index (χ2n) is 7.47. The van der Waals surface area contributed by atoms with Crippen molar-refractivity contribution in [2.24, 2.45) is 10.4 Å². The quantitative estimate of drug-likeness (QED) is 0.520. The highest BCUT2D eigenvalue weighted by Gasteiger charge is 2.44. The van der Waals surface area contributed by atoms with Gasteiger partial charge in [0.05, 0.1) is 0 Å². The molecule has 0 saturated heterocycles. The summed E-state index contributed by atoms with van der Waals surface area (Å²) in [6.45, 7) is 2.82. The summed E-state index contributed by atoms with van der Waals surface area (Å²) in [6, 6.07) is 10.7. The van der Waals surface area contributed by atoms with E-state index in [1.54, 1.807) is 7.11 Å². The van der Waals surface area contributed by atoms with Gasteiger partial charge in [-0.3, -0.25) is 4.99 Å². The Morgan fingerprint density at radius 2 is 1.84 bits per heavy atom. The number of nitrogens with one attached hydrogen (secondary N) is 2. The third kappa shape index (κ3) is 5.14. The average molecular weight is 362 g/mol. The van der Waals surface area contributed by atoms with E-state index in [1.807, 2.05) is 18.8 Å². The van der Waals surface area contributed by atoms with E-state index in [2.05, 4.69) is 46.0 Å². The number of hydrogen-bond acceptors (Lipinski definition) is 3. The molecule has 0 amide bonds. The lowest BCUT2D eigenvalue weighted by molar-refractivity contribution is 0.0732. The van der Waals surface area contributed by atoms with Crippen LogP contribution in [-0.4, -0.2) is 44.6 Å². The van der Waals surface area contributed by atoms with Gasteiger partial charge in [-0.05, 0) is 49.7 Å². The zero-order valence-electron chi connectivity index (χ0n) is 15.5. The van der Waals surface area contributed by atoms with Crippen molar-refractivity contribution in [3.05, 3.63) is 30.3 Å². The first-order valence-corrected chi connectivity index (χ1v) is 10.2. The molecule has 2 aliphatic carbocycles. The molecule has 4 nitrogen and oxygen atoms in total. The molecule has 3 rings (SSSR count). The fourth-order valence-electron chi connectivity index (χ4n) is 3.44. The first-order valence-electron chi connectivity index (χ1n) is 9.37. The van der Waals surface area contributed by atoms with Crippen molar-refractivity contribution < 1.29 is 4.74 Å². The van der Waals surface area contributed by atoms with E-state index in [1.165, 1.54) is 37.0 Å². The van der Waals surface area contributed by atoms with E-state index >= 15 is 0 Å². The minimum Gasteiger partial charge on any atom is -0.385 e. The maximum absolute atomic E-state index is 5.29. The molecule has 0 spiro atoms. The molecule has 0 bridgehead atoms. The molecule has 2 fully saturated rings. The van der Waals surface area contributed by atoms with Gasteiger partial charge in [0.15, 0.2) is 5.96 Å². The Hall–Kier alpha value is -1.20. The van der Waals surface area contributed by atoms with Crippen LogP contribution >= 0.6 is 11.8 Å². The summed E-state index contributed by atoms with van der Waals surface area (Å²) in [6.07, 6.45) is 7.63. The number of nitrogens with zero attached hydrogens (tertiary/aromatic N) is 1. The zero-order chi connectivity index (χ0) is 17.6. The van der Waals surface area contributed by atoms with E-state index in [0.717, 1.165) is 32.1 Å². The molecular formula is C20H31N3OS. The number of rotatable bonds is 9. The lowest BCUT2D eigenvalue weighted by atomic mass is 9.67. The summed E-state index contributed by atoms with van der Waals surface area (Å²) in [4.78, 5) is 5.78. The molecule has 0 radical (unpaired) electrons. The smallest absolute Gasteiger partial charge is 0.191 e. The Balaban J connectivity index is 1.45. The number of thioether (sulfide) groups is 1. The molecule has 0 aliphatic heterocycles. The predicted octanol–water partition coefficient (Wildman–Crippen LogP) is 3.68. The van der Waals surface area contributed by atoms with Gasteiger partial charge in [-0.2, -0.15) is 0 Å². The minimum absolute atomic E-state index is 0.336. The molecular weight excluding hydrogens is 330 g/mol. The second-order valence-corrected chi connectivity index (χ2v) is 9.02. The summed E-state index contributed by atoms with van der Waals surface area (Å²) < 4.78 is 5.62. The molecule has 1 aromatic carbocycles. The summed E-state index contributed by atoms with van der Waals surface area (Å²) in [5.74, 6) is 0.934. The molecule has 1 aromatic rings. The average Bonchev–Trinajstić information content (AvgIpc) is 3.36. The van der Waals surface area contributed by atoms with Crippen molar-refractivity contribution in [3.8, 4) is 0 Å². The third-order valence-electron chi connectivity index (χ3n) is 5.57. The van der Waals surface area contributed by atoms with Crippen LogP contribution in [0.5, 0.6) is 0 Å². The van der Waals surface area contributed by atoms with Crippen molar-refractivity contribution in [1.82, 2.24) is 10.6 Å². The monoisotopic (exact) mass is 361 g/mol. The Morgan fingerprint density at radius 1 is 1.12 bits per heavy atom. The Bertz CT molecular complexity index is 568. The van der Waals surface area contributed by atoms with Gasteiger partial charge in [0.25, 0.3) is 0 Å². The van der Waals surface area contributed by atoms with E-state index < -0.39 is 0 Å². The summed E-state index contributed by atoms with van der Waals surface area (Å²) in [5, 5.41) is 7.12. The number of aliphatic imine (C=N–C) groups is 1. The molecule has 2 N–H and O–H groups in total. The summed E-state index contributed by atoms with van der Waals surface area (Å²) >= 11 is 2.00. The highest BCUT2D eigenvalue weighted by molar-refractivity contribution is 8.01. The van der Waals surface area contributed by atoms with Gasteiger partial charge in [0, 0.05) is 43.5 Å². The van der Waals surface area contributed by atoms with Gasteiger partial charge in [-0.15, -0.1) is 11.8 Å². The Morgan fingerprint density at radius 3 is 2.40 bits per heavy atom. The van der Waals surface area contributed by atoms with Crippen molar-refractivity contribution >= 4 is 17.7 Å². The molecule has 5 heteroatoms. The Labute approximate surface area is 156 Å². The van der Waals surface area contributed by atoms with Crippen LogP contribution in [0, 0.1) is 5.41 Å². The molecule has 0 aromatic heterocycles.